The van der Waals surface area contributed by atoms with E-state index in [9.17, 15) is 9.59 Å². The Morgan fingerprint density at radius 2 is 2.00 bits per heavy atom. The van der Waals surface area contributed by atoms with E-state index >= 15 is 0 Å². The highest BCUT2D eigenvalue weighted by atomic mass is 35.5. The lowest BCUT2D eigenvalue weighted by Gasteiger charge is -2.16. The quantitative estimate of drug-likeness (QED) is 0.389. The minimum Gasteiger partial charge on any atom is -0.352 e. The molecule has 0 unspecified atom stereocenters. The average molecular weight is 400 g/mol. The van der Waals surface area contributed by atoms with Crippen LogP contribution in [0.4, 0.5) is 0 Å². The van der Waals surface area contributed by atoms with Crippen molar-refractivity contribution in [2.24, 2.45) is 0 Å². The molecule has 0 saturated carbocycles. The van der Waals surface area contributed by atoms with E-state index in [-0.39, 0.29) is 11.5 Å². The number of carbonyl (C=O) groups excluding carboxylic acids is 1. The Hall–Kier alpha value is -2.57. The molecule has 2 aromatic carbocycles. The molecule has 0 saturated heterocycles. The molecule has 5 nitrogen and oxygen atoms in total. The summed E-state index contributed by atoms with van der Waals surface area (Å²) in [7, 11) is 0. The molecule has 1 atom stereocenters. The van der Waals surface area contributed by atoms with Gasteiger partial charge in [-0.25, -0.2) is 4.98 Å². The summed E-state index contributed by atoms with van der Waals surface area (Å²) in [6.45, 7) is 5.75. The van der Waals surface area contributed by atoms with Gasteiger partial charge in [-0.3, -0.25) is 14.2 Å². The number of hydrogen-bond donors (Lipinski definition) is 1. The highest BCUT2D eigenvalue weighted by Gasteiger charge is 2.19. The van der Waals surface area contributed by atoms with E-state index in [4.69, 9.17) is 11.6 Å². The number of nitrogens with zero attached hydrogens (tertiary/aromatic N) is 2. The molecule has 0 spiro atoms. The van der Waals surface area contributed by atoms with Crippen LogP contribution in [-0.4, -0.2) is 27.3 Å². The van der Waals surface area contributed by atoms with Gasteiger partial charge < -0.3 is 5.32 Å². The second-order valence-corrected chi connectivity index (χ2v) is 7.57. The molecule has 27 heavy (non-hydrogen) atoms. The van der Waals surface area contributed by atoms with Crippen LogP contribution >= 0.6 is 23.4 Å². The molecule has 1 amide bonds. The zero-order valence-electron chi connectivity index (χ0n) is 14.7. The zero-order valence-corrected chi connectivity index (χ0v) is 16.3. The predicted molar refractivity (Wildman–Crippen MR) is 111 cm³/mol. The van der Waals surface area contributed by atoms with Gasteiger partial charge in [-0.1, -0.05) is 41.6 Å². The van der Waals surface area contributed by atoms with Crippen LogP contribution in [0.1, 0.15) is 6.92 Å². The van der Waals surface area contributed by atoms with E-state index in [0.717, 1.165) is 0 Å². The summed E-state index contributed by atoms with van der Waals surface area (Å²) in [5.74, 6) is -0.148. The first-order valence-corrected chi connectivity index (χ1v) is 9.60. The summed E-state index contributed by atoms with van der Waals surface area (Å²) in [6, 6.07) is 14.1. The first-order valence-electron chi connectivity index (χ1n) is 8.34. The van der Waals surface area contributed by atoms with E-state index < -0.39 is 5.25 Å². The Labute approximate surface area is 166 Å². The van der Waals surface area contributed by atoms with E-state index in [1.807, 2.05) is 6.07 Å². The van der Waals surface area contributed by atoms with Crippen LogP contribution in [0.5, 0.6) is 0 Å². The lowest BCUT2D eigenvalue weighted by atomic mass is 10.2. The number of benzene rings is 2. The van der Waals surface area contributed by atoms with Crippen molar-refractivity contribution in [3.8, 4) is 5.69 Å². The summed E-state index contributed by atoms with van der Waals surface area (Å²) in [6.07, 6.45) is 1.62. The highest BCUT2D eigenvalue weighted by molar-refractivity contribution is 8.00. The standard InChI is InChI=1S/C20H18ClN3O2S/c1-3-12-22-18(25)13(2)27-20-23-17-7-5-4-6-16(17)19(26)24(20)15-10-8-14(21)9-11-15/h3-11,13H,1,12H2,2H3,(H,22,25)/t13-/m0/s1. The summed E-state index contributed by atoms with van der Waals surface area (Å²) in [5, 5.41) is 3.86. The number of halogens is 1. The van der Waals surface area contributed by atoms with Crippen LogP contribution in [0.25, 0.3) is 16.6 Å². The SMILES string of the molecule is C=CCNC(=O)[C@H](C)Sc1nc2ccccc2c(=O)n1-c1ccc(Cl)cc1. The van der Waals surface area contributed by atoms with Gasteiger partial charge in [-0.2, -0.15) is 0 Å². The van der Waals surface area contributed by atoms with E-state index in [1.54, 1.807) is 55.5 Å². The number of thioether (sulfide) groups is 1. The van der Waals surface area contributed by atoms with Crippen LogP contribution in [-0.2, 0) is 4.79 Å². The third kappa shape index (κ3) is 4.23. The Balaban J connectivity index is 2.11. The minimum atomic E-state index is -0.434. The van der Waals surface area contributed by atoms with E-state index in [2.05, 4.69) is 16.9 Å². The second kappa shape index (κ2) is 8.41. The van der Waals surface area contributed by atoms with Gasteiger partial charge in [-0.05, 0) is 43.3 Å². The molecule has 0 aliphatic carbocycles. The number of nitrogens with one attached hydrogen (secondary N) is 1. The summed E-state index contributed by atoms with van der Waals surface area (Å²) < 4.78 is 1.51. The van der Waals surface area contributed by atoms with Gasteiger partial charge in [0.05, 0.1) is 21.8 Å². The van der Waals surface area contributed by atoms with Gasteiger partial charge >= 0.3 is 0 Å². The molecular weight excluding hydrogens is 382 g/mol. The van der Waals surface area contributed by atoms with Gasteiger partial charge in [0, 0.05) is 11.6 Å². The number of amides is 1. The minimum absolute atomic E-state index is 0.148. The predicted octanol–water partition coefficient (Wildman–Crippen LogP) is 3.82. The number of fused-ring (bicyclic) bond motifs is 1. The van der Waals surface area contributed by atoms with Crippen molar-refractivity contribution in [3.63, 3.8) is 0 Å². The molecule has 3 aromatic rings. The van der Waals surface area contributed by atoms with Crippen LogP contribution in [0.15, 0.2) is 71.1 Å². The molecule has 1 aromatic heterocycles. The van der Waals surface area contributed by atoms with Gasteiger partial charge in [0.25, 0.3) is 5.56 Å². The molecule has 0 radical (unpaired) electrons. The zero-order chi connectivity index (χ0) is 19.4. The third-order valence-electron chi connectivity index (χ3n) is 3.90. The molecular formula is C20H18ClN3O2S. The third-order valence-corrected chi connectivity index (χ3v) is 5.21. The fraction of sp³-hybridized carbons (Fsp3) is 0.150. The molecule has 138 valence electrons. The van der Waals surface area contributed by atoms with Gasteiger partial charge in [0.2, 0.25) is 5.91 Å². The Bertz CT molecular complexity index is 1050. The Kier molecular flexibility index (Phi) is 5.98. The first kappa shape index (κ1) is 19.2. The average Bonchev–Trinajstić information content (AvgIpc) is 2.67. The summed E-state index contributed by atoms with van der Waals surface area (Å²) in [5.41, 5.74) is 1.04. The second-order valence-electron chi connectivity index (χ2n) is 5.82. The topological polar surface area (TPSA) is 64.0 Å². The molecule has 0 bridgehead atoms. The summed E-state index contributed by atoms with van der Waals surface area (Å²) in [4.78, 5) is 30.0. The number of carbonyl (C=O) groups is 1. The van der Waals surface area contributed by atoms with Gasteiger partial charge in [-0.15, -0.1) is 6.58 Å². The molecule has 1 heterocycles. The largest absolute Gasteiger partial charge is 0.352 e. The number of aromatic nitrogens is 2. The lowest BCUT2D eigenvalue weighted by Crippen LogP contribution is -2.32. The highest BCUT2D eigenvalue weighted by Crippen LogP contribution is 2.25. The van der Waals surface area contributed by atoms with E-state index in [0.29, 0.717) is 33.3 Å². The molecule has 0 fully saturated rings. The molecule has 7 heteroatoms. The van der Waals surface area contributed by atoms with Crippen LogP contribution in [0, 0.1) is 0 Å². The van der Waals surface area contributed by atoms with Crippen molar-refractivity contribution in [1.82, 2.24) is 14.9 Å². The van der Waals surface area contributed by atoms with Crippen molar-refractivity contribution in [3.05, 3.63) is 76.6 Å². The van der Waals surface area contributed by atoms with E-state index in [1.165, 1.54) is 16.3 Å². The normalized spacial score (nSPS) is 11.9. The van der Waals surface area contributed by atoms with Crippen molar-refractivity contribution in [1.29, 1.82) is 0 Å². The molecule has 0 aliphatic rings. The van der Waals surface area contributed by atoms with Crippen molar-refractivity contribution in [2.45, 2.75) is 17.3 Å². The molecule has 3 rings (SSSR count). The maximum Gasteiger partial charge on any atom is 0.266 e. The van der Waals surface area contributed by atoms with Crippen LogP contribution in [0.2, 0.25) is 5.02 Å². The molecule has 0 aliphatic heterocycles. The Morgan fingerprint density at radius 3 is 2.70 bits per heavy atom. The van der Waals surface area contributed by atoms with Gasteiger partial charge in [0.1, 0.15) is 0 Å². The van der Waals surface area contributed by atoms with Crippen molar-refractivity contribution >= 4 is 40.2 Å². The fourth-order valence-electron chi connectivity index (χ4n) is 2.54. The van der Waals surface area contributed by atoms with Gasteiger partial charge in [0.15, 0.2) is 5.16 Å². The maximum absolute atomic E-state index is 13.1. The lowest BCUT2D eigenvalue weighted by molar-refractivity contribution is -0.120. The van der Waals surface area contributed by atoms with Crippen molar-refractivity contribution < 1.29 is 4.79 Å². The number of hydrogen-bond acceptors (Lipinski definition) is 4. The number of rotatable bonds is 6. The monoisotopic (exact) mass is 399 g/mol. The number of para-hydroxylation sites is 1. The first-order chi connectivity index (χ1) is 13.0. The van der Waals surface area contributed by atoms with Crippen molar-refractivity contribution in [2.75, 3.05) is 6.54 Å². The maximum atomic E-state index is 13.1. The fourth-order valence-corrected chi connectivity index (χ4v) is 3.61. The Morgan fingerprint density at radius 1 is 1.30 bits per heavy atom. The van der Waals surface area contributed by atoms with Crippen LogP contribution in [0.3, 0.4) is 0 Å². The smallest absolute Gasteiger partial charge is 0.266 e. The van der Waals surface area contributed by atoms with Crippen LogP contribution < -0.4 is 10.9 Å². The molecule has 1 N–H and O–H groups in total. The summed E-state index contributed by atoms with van der Waals surface area (Å²) >= 11 is 7.21.